The quantitative estimate of drug-likeness (QED) is 0.637. The third kappa shape index (κ3) is 4.44. The van der Waals surface area contributed by atoms with Crippen molar-refractivity contribution in [1.29, 1.82) is 0 Å². The van der Waals surface area contributed by atoms with Crippen molar-refractivity contribution >= 4 is 11.6 Å². The molecular weight excluding hydrogens is 360 g/mol. The SMILES string of the molecule is Oc1ccc(-c2ccc(Cl)c(Cc3ccc(O[C@@H]4CCOC4)cc3)c2)cc1. The first-order chi connectivity index (χ1) is 13.2. The number of halogens is 1. The zero-order valence-corrected chi connectivity index (χ0v) is 15.7. The van der Waals surface area contributed by atoms with Gasteiger partial charge < -0.3 is 14.6 Å². The molecule has 3 aromatic carbocycles. The largest absolute Gasteiger partial charge is 0.508 e. The highest BCUT2D eigenvalue weighted by atomic mass is 35.5. The fourth-order valence-electron chi connectivity index (χ4n) is 3.25. The first-order valence-corrected chi connectivity index (χ1v) is 9.46. The van der Waals surface area contributed by atoms with Crippen LogP contribution in [0.1, 0.15) is 17.5 Å². The van der Waals surface area contributed by atoms with E-state index in [0.29, 0.717) is 6.61 Å². The van der Waals surface area contributed by atoms with Crippen molar-refractivity contribution in [2.24, 2.45) is 0 Å². The molecule has 27 heavy (non-hydrogen) atoms. The van der Waals surface area contributed by atoms with E-state index < -0.39 is 0 Å². The Labute approximate surface area is 164 Å². The first kappa shape index (κ1) is 17.9. The Bertz CT molecular complexity index is 898. The fourth-order valence-corrected chi connectivity index (χ4v) is 3.43. The summed E-state index contributed by atoms with van der Waals surface area (Å²) in [7, 11) is 0. The summed E-state index contributed by atoms with van der Waals surface area (Å²) in [5, 5.41) is 10.2. The van der Waals surface area contributed by atoms with Crippen molar-refractivity contribution < 1.29 is 14.6 Å². The number of rotatable bonds is 5. The Kier molecular flexibility index (Phi) is 5.33. The predicted molar refractivity (Wildman–Crippen MR) is 108 cm³/mol. The van der Waals surface area contributed by atoms with Gasteiger partial charge in [0.2, 0.25) is 0 Å². The van der Waals surface area contributed by atoms with Gasteiger partial charge in [0, 0.05) is 11.4 Å². The minimum atomic E-state index is 0.160. The third-order valence-corrected chi connectivity index (χ3v) is 5.12. The van der Waals surface area contributed by atoms with Crippen LogP contribution in [0.2, 0.25) is 5.02 Å². The molecule has 1 heterocycles. The second-order valence-electron chi connectivity index (χ2n) is 6.78. The lowest BCUT2D eigenvalue weighted by molar-refractivity contribution is 0.141. The van der Waals surface area contributed by atoms with Crippen LogP contribution in [0, 0.1) is 0 Å². The van der Waals surface area contributed by atoms with Crippen molar-refractivity contribution in [3.8, 4) is 22.6 Å². The molecule has 0 unspecified atom stereocenters. The van der Waals surface area contributed by atoms with E-state index in [1.807, 2.05) is 36.4 Å². The molecule has 1 saturated heterocycles. The molecule has 0 radical (unpaired) electrons. The van der Waals surface area contributed by atoms with Crippen LogP contribution in [0.3, 0.4) is 0 Å². The van der Waals surface area contributed by atoms with Gasteiger partial charge in [-0.2, -0.15) is 0 Å². The number of phenols is 1. The minimum Gasteiger partial charge on any atom is -0.508 e. The maximum atomic E-state index is 9.47. The van der Waals surface area contributed by atoms with Gasteiger partial charge in [-0.15, -0.1) is 0 Å². The molecule has 0 spiro atoms. The van der Waals surface area contributed by atoms with Crippen LogP contribution in [-0.2, 0) is 11.2 Å². The second kappa shape index (κ2) is 8.03. The summed E-state index contributed by atoms with van der Waals surface area (Å²) in [4.78, 5) is 0. The number of aromatic hydroxyl groups is 1. The standard InChI is InChI=1S/C23H21ClO3/c24-23-10-5-18(17-3-6-20(25)7-4-17)14-19(23)13-16-1-8-21(9-2-16)27-22-11-12-26-15-22/h1-10,14,22,25H,11-13,15H2/t22-/m1/s1. The molecule has 0 saturated carbocycles. The predicted octanol–water partition coefficient (Wildman–Crippen LogP) is 5.47. The Morgan fingerprint density at radius 2 is 1.70 bits per heavy atom. The lowest BCUT2D eigenvalue weighted by atomic mass is 9.99. The molecule has 1 N–H and O–H groups in total. The van der Waals surface area contributed by atoms with Gasteiger partial charge in [0.05, 0.1) is 13.2 Å². The number of phenolic OH excluding ortho intramolecular Hbond substituents is 1. The van der Waals surface area contributed by atoms with Gasteiger partial charge in [-0.25, -0.2) is 0 Å². The number of benzene rings is 3. The maximum Gasteiger partial charge on any atom is 0.124 e. The van der Waals surface area contributed by atoms with Crippen molar-refractivity contribution in [3.05, 3.63) is 82.9 Å². The van der Waals surface area contributed by atoms with Crippen molar-refractivity contribution in [1.82, 2.24) is 0 Å². The molecule has 138 valence electrons. The van der Waals surface area contributed by atoms with E-state index in [-0.39, 0.29) is 11.9 Å². The molecule has 0 bridgehead atoms. The molecular formula is C23H21ClO3. The molecule has 3 aromatic rings. The van der Waals surface area contributed by atoms with E-state index in [2.05, 4.69) is 18.2 Å². The fraction of sp³-hybridized carbons (Fsp3) is 0.217. The van der Waals surface area contributed by atoms with Crippen LogP contribution in [-0.4, -0.2) is 24.4 Å². The molecule has 0 aromatic heterocycles. The summed E-state index contributed by atoms with van der Waals surface area (Å²) >= 11 is 6.42. The second-order valence-corrected chi connectivity index (χ2v) is 7.18. The van der Waals surface area contributed by atoms with E-state index >= 15 is 0 Å². The van der Waals surface area contributed by atoms with Crippen molar-refractivity contribution in [2.45, 2.75) is 18.9 Å². The van der Waals surface area contributed by atoms with Gasteiger partial charge in [0.15, 0.2) is 0 Å². The van der Waals surface area contributed by atoms with Crippen LogP contribution in [0.4, 0.5) is 0 Å². The third-order valence-electron chi connectivity index (χ3n) is 4.75. The lowest BCUT2D eigenvalue weighted by Crippen LogP contribution is -2.15. The average molecular weight is 381 g/mol. The topological polar surface area (TPSA) is 38.7 Å². The van der Waals surface area contributed by atoms with Gasteiger partial charge in [0.1, 0.15) is 17.6 Å². The van der Waals surface area contributed by atoms with Gasteiger partial charge >= 0.3 is 0 Å². The van der Waals surface area contributed by atoms with E-state index in [4.69, 9.17) is 21.1 Å². The average Bonchev–Trinajstić information content (AvgIpc) is 3.19. The van der Waals surface area contributed by atoms with Crippen LogP contribution in [0.5, 0.6) is 11.5 Å². The Morgan fingerprint density at radius 3 is 2.41 bits per heavy atom. The van der Waals surface area contributed by atoms with E-state index in [0.717, 1.165) is 46.9 Å². The highest BCUT2D eigenvalue weighted by Crippen LogP contribution is 2.28. The van der Waals surface area contributed by atoms with Gasteiger partial charge in [-0.05, 0) is 65.1 Å². The van der Waals surface area contributed by atoms with E-state index in [1.54, 1.807) is 12.1 Å². The summed E-state index contributed by atoms with van der Waals surface area (Å²) in [6.07, 6.45) is 1.85. The molecule has 3 nitrogen and oxygen atoms in total. The van der Waals surface area contributed by atoms with Crippen molar-refractivity contribution in [3.63, 3.8) is 0 Å². The zero-order chi connectivity index (χ0) is 18.6. The smallest absolute Gasteiger partial charge is 0.124 e. The van der Waals surface area contributed by atoms with Gasteiger partial charge in [0.25, 0.3) is 0 Å². The summed E-state index contributed by atoms with van der Waals surface area (Å²) in [6.45, 7) is 1.44. The number of hydrogen-bond acceptors (Lipinski definition) is 3. The van der Waals surface area contributed by atoms with Crippen LogP contribution >= 0.6 is 11.6 Å². The highest BCUT2D eigenvalue weighted by Gasteiger charge is 2.17. The summed E-state index contributed by atoms with van der Waals surface area (Å²) in [6, 6.07) is 21.4. The first-order valence-electron chi connectivity index (χ1n) is 9.08. The lowest BCUT2D eigenvalue weighted by Gasteiger charge is -2.13. The zero-order valence-electron chi connectivity index (χ0n) is 14.9. The van der Waals surface area contributed by atoms with Crippen molar-refractivity contribution in [2.75, 3.05) is 13.2 Å². The highest BCUT2D eigenvalue weighted by molar-refractivity contribution is 6.31. The van der Waals surface area contributed by atoms with Gasteiger partial charge in [-0.3, -0.25) is 0 Å². The summed E-state index contributed by atoms with van der Waals surface area (Å²) in [5.74, 6) is 1.14. The number of ether oxygens (including phenoxy) is 2. The Morgan fingerprint density at radius 1 is 0.963 bits per heavy atom. The minimum absolute atomic E-state index is 0.160. The molecule has 4 rings (SSSR count). The molecule has 1 fully saturated rings. The Hall–Kier alpha value is -2.49. The Balaban J connectivity index is 1.49. The van der Waals surface area contributed by atoms with Crippen LogP contribution in [0.25, 0.3) is 11.1 Å². The molecule has 0 aliphatic carbocycles. The summed E-state index contributed by atoms with van der Waals surface area (Å²) < 4.78 is 11.3. The molecule has 1 aliphatic heterocycles. The van der Waals surface area contributed by atoms with Gasteiger partial charge in [-0.1, -0.05) is 41.9 Å². The monoisotopic (exact) mass is 380 g/mol. The number of hydrogen-bond donors (Lipinski definition) is 1. The normalized spacial score (nSPS) is 16.4. The van der Waals surface area contributed by atoms with E-state index in [9.17, 15) is 5.11 Å². The van der Waals surface area contributed by atoms with Crippen LogP contribution < -0.4 is 4.74 Å². The maximum absolute atomic E-state index is 9.47. The summed E-state index contributed by atoms with van der Waals surface area (Å²) in [5.41, 5.74) is 4.37. The molecule has 0 amide bonds. The molecule has 1 aliphatic rings. The molecule has 1 atom stereocenters. The molecule has 4 heteroatoms. The van der Waals surface area contributed by atoms with Crippen LogP contribution in [0.15, 0.2) is 66.7 Å². The van der Waals surface area contributed by atoms with E-state index in [1.165, 1.54) is 5.56 Å².